The van der Waals surface area contributed by atoms with Crippen LogP contribution in [0.3, 0.4) is 0 Å². The number of ether oxygens (including phenoxy) is 1. The Labute approximate surface area is 204 Å². The second-order valence-corrected chi connectivity index (χ2v) is 8.43. The summed E-state index contributed by atoms with van der Waals surface area (Å²) in [5, 5.41) is 13.9. The van der Waals surface area contributed by atoms with Gasteiger partial charge < -0.3 is 15.0 Å². The van der Waals surface area contributed by atoms with Crippen LogP contribution in [0, 0.1) is 10.1 Å². The molecular weight excluding hydrogens is 472 g/mol. The molecule has 186 valence electrons. The highest BCUT2D eigenvalue weighted by Gasteiger charge is 2.39. The quantitative estimate of drug-likeness (QED) is 0.208. The van der Waals surface area contributed by atoms with E-state index < -0.39 is 35.2 Å². The molecule has 12 heteroatoms. The first-order valence-electron chi connectivity index (χ1n) is 11.2. The lowest BCUT2D eigenvalue weighted by Gasteiger charge is -2.33. The second-order valence-electron chi connectivity index (χ2n) is 8.43. The molecule has 0 bridgehead atoms. The summed E-state index contributed by atoms with van der Waals surface area (Å²) in [7, 11) is 0. The molecule has 2 aromatic rings. The lowest BCUT2D eigenvalue weighted by atomic mass is 10.0. The number of nitro groups is 1. The summed E-state index contributed by atoms with van der Waals surface area (Å²) in [5.74, 6) is -2.42. The highest BCUT2D eigenvalue weighted by molar-refractivity contribution is 6.22. The second kappa shape index (κ2) is 9.94. The van der Waals surface area contributed by atoms with E-state index in [0.717, 1.165) is 17.0 Å². The largest absolute Gasteiger partial charge is 0.427 e. The minimum absolute atomic E-state index is 0.0255. The molecule has 0 aromatic heterocycles. The van der Waals surface area contributed by atoms with Gasteiger partial charge in [-0.05, 0) is 37.1 Å². The summed E-state index contributed by atoms with van der Waals surface area (Å²) < 4.78 is 5.00. The first-order valence-corrected chi connectivity index (χ1v) is 11.2. The Bertz CT molecular complexity index is 1280. The van der Waals surface area contributed by atoms with Crippen LogP contribution in [-0.4, -0.2) is 70.0 Å². The number of nitrogens with one attached hydrogen (secondary N) is 1. The predicted octanol–water partition coefficient (Wildman–Crippen LogP) is 1.54. The van der Waals surface area contributed by atoms with E-state index >= 15 is 0 Å². The molecule has 4 amide bonds. The highest BCUT2D eigenvalue weighted by atomic mass is 16.6. The minimum atomic E-state index is -0.745. The molecule has 1 fully saturated rings. The molecule has 0 radical (unpaired) electrons. The van der Waals surface area contributed by atoms with Crippen LogP contribution >= 0.6 is 0 Å². The normalized spacial score (nSPS) is 15.5. The zero-order valence-corrected chi connectivity index (χ0v) is 19.3. The van der Waals surface area contributed by atoms with E-state index in [0.29, 0.717) is 31.5 Å². The number of esters is 1. The van der Waals surface area contributed by atoms with Gasteiger partial charge in [0.2, 0.25) is 5.91 Å². The third-order valence-electron chi connectivity index (χ3n) is 6.00. The van der Waals surface area contributed by atoms with Gasteiger partial charge >= 0.3 is 5.97 Å². The molecule has 0 aliphatic carbocycles. The van der Waals surface area contributed by atoms with Gasteiger partial charge in [0.25, 0.3) is 23.4 Å². The van der Waals surface area contributed by atoms with E-state index in [2.05, 4.69) is 5.32 Å². The number of hydrogen-bond donors (Lipinski definition) is 1. The molecule has 2 aromatic carbocycles. The number of non-ortho nitro benzene ring substituents is 1. The zero-order chi connectivity index (χ0) is 26.0. The number of piperidine rings is 1. The first-order chi connectivity index (χ1) is 17.1. The van der Waals surface area contributed by atoms with Gasteiger partial charge in [-0.3, -0.25) is 39.0 Å². The Morgan fingerprint density at radius 1 is 1.06 bits per heavy atom. The molecule has 2 heterocycles. The van der Waals surface area contributed by atoms with Crippen LogP contribution < -0.4 is 10.1 Å². The van der Waals surface area contributed by atoms with Crippen molar-refractivity contribution in [3.05, 3.63) is 69.3 Å². The maximum Gasteiger partial charge on any atom is 0.308 e. The standard InChI is InChI=1S/C24H22N4O8/c1-14(29)36-18-4-2-3-15(11-18)22(31)25-16-7-9-26(10-8-16)21(30)13-27-23(32)19-6-5-17(28(34)35)12-20(19)24(27)33/h2-6,11-12,16H,7-10,13H2,1H3,(H,25,31). The highest BCUT2D eigenvalue weighted by Crippen LogP contribution is 2.27. The van der Waals surface area contributed by atoms with Gasteiger partial charge in [0.15, 0.2) is 0 Å². The van der Waals surface area contributed by atoms with Crippen molar-refractivity contribution in [1.82, 2.24) is 15.1 Å². The van der Waals surface area contributed by atoms with Gasteiger partial charge in [0, 0.05) is 43.8 Å². The number of fused-ring (bicyclic) bond motifs is 1. The van der Waals surface area contributed by atoms with Gasteiger partial charge in [0.1, 0.15) is 12.3 Å². The lowest BCUT2D eigenvalue weighted by Crippen LogP contribution is -2.49. The first kappa shape index (κ1) is 24.5. The minimum Gasteiger partial charge on any atom is -0.427 e. The fourth-order valence-electron chi connectivity index (χ4n) is 4.18. The maximum absolute atomic E-state index is 12.8. The summed E-state index contributed by atoms with van der Waals surface area (Å²) in [6, 6.07) is 9.43. The van der Waals surface area contributed by atoms with Crippen molar-refractivity contribution >= 4 is 35.3 Å². The molecule has 0 spiro atoms. The molecule has 4 rings (SSSR count). The van der Waals surface area contributed by atoms with Crippen LogP contribution in [0.4, 0.5) is 5.69 Å². The molecule has 36 heavy (non-hydrogen) atoms. The number of benzene rings is 2. The van der Waals surface area contributed by atoms with Gasteiger partial charge in [0.05, 0.1) is 16.1 Å². The Hall–Kier alpha value is -4.61. The number of nitrogens with zero attached hydrogens (tertiary/aromatic N) is 3. The SMILES string of the molecule is CC(=O)Oc1cccc(C(=O)NC2CCN(C(=O)CN3C(=O)c4ccc([N+](=O)[O-])cc4C3=O)CC2)c1. The Balaban J connectivity index is 1.31. The summed E-state index contributed by atoms with van der Waals surface area (Å²) in [6.45, 7) is 1.42. The van der Waals surface area contributed by atoms with E-state index in [1.54, 1.807) is 18.2 Å². The molecule has 12 nitrogen and oxygen atoms in total. The number of hydrogen-bond acceptors (Lipinski definition) is 8. The van der Waals surface area contributed by atoms with Gasteiger partial charge in [-0.25, -0.2) is 0 Å². The van der Waals surface area contributed by atoms with E-state index in [-0.39, 0.29) is 34.5 Å². The van der Waals surface area contributed by atoms with Crippen LogP contribution in [0.5, 0.6) is 5.75 Å². The van der Waals surface area contributed by atoms with Crippen LogP contribution in [0.2, 0.25) is 0 Å². The van der Waals surface area contributed by atoms with E-state index in [9.17, 15) is 34.1 Å². The van der Waals surface area contributed by atoms with Crippen LogP contribution in [0.15, 0.2) is 42.5 Å². The van der Waals surface area contributed by atoms with Crippen molar-refractivity contribution in [2.75, 3.05) is 19.6 Å². The Morgan fingerprint density at radius 3 is 2.42 bits per heavy atom. The predicted molar refractivity (Wildman–Crippen MR) is 123 cm³/mol. The lowest BCUT2D eigenvalue weighted by molar-refractivity contribution is -0.384. The van der Waals surface area contributed by atoms with Crippen LogP contribution in [-0.2, 0) is 9.59 Å². The van der Waals surface area contributed by atoms with E-state index in [1.165, 1.54) is 24.0 Å². The van der Waals surface area contributed by atoms with E-state index in [4.69, 9.17) is 4.74 Å². The summed E-state index contributed by atoms with van der Waals surface area (Å²) in [5.41, 5.74) is -0.0535. The number of imide groups is 1. The number of rotatable bonds is 6. The van der Waals surface area contributed by atoms with Crippen molar-refractivity contribution in [2.45, 2.75) is 25.8 Å². The number of carbonyl (C=O) groups is 5. The van der Waals surface area contributed by atoms with Crippen molar-refractivity contribution < 1.29 is 33.6 Å². The Morgan fingerprint density at radius 2 is 1.75 bits per heavy atom. The molecular formula is C24H22N4O8. The number of amides is 4. The molecule has 0 unspecified atom stereocenters. The van der Waals surface area contributed by atoms with Crippen LogP contribution in [0.1, 0.15) is 50.8 Å². The third kappa shape index (κ3) is 5.06. The van der Waals surface area contributed by atoms with Gasteiger partial charge in [-0.2, -0.15) is 0 Å². The van der Waals surface area contributed by atoms with E-state index in [1.807, 2.05) is 0 Å². The van der Waals surface area contributed by atoms with Gasteiger partial charge in [-0.15, -0.1) is 0 Å². The average molecular weight is 494 g/mol. The molecule has 2 aliphatic heterocycles. The third-order valence-corrected chi connectivity index (χ3v) is 6.00. The molecule has 0 atom stereocenters. The van der Waals surface area contributed by atoms with Crippen molar-refractivity contribution in [3.8, 4) is 5.75 Å². The molecule has 2 aliphatic rings. The Kier molecular flexibility index (Phi) is 6.77. The van der Waals surface area contributed by atoms with Gasteiger partial charge in [-0.1, -0.05) is 6.07 Å². The zero-order valence-electron chi connectivity index (χ0n) is 19.3. The van der Waals surface area contributed by atoms with Crippen molar-refractivity contribution in [3.63, 3.8) is 0 Å². The summed E-state index contributed by atoms with van der Waals surface area (Å²) >= 11 is 0. The fraction of sp³-hybridized carbons (Fsp3) is 0.292. The summed E-state index contributed by atoms with van der Waals surface area (Å²) in [6.07, 6.45) is 0.935. The topological polar surface area (TPSA) is 156 Å². The maximum atomic E-state index is 12.8. The number of carbonyl (C=O) groups excluding carboxylic acids is 5. The number of likely N-dealkylation sites (tertiary alicyclic amines) is 1. The van der Waals surface area contributed by atoms with Crippen molar-refractivity contribution in [1.29, 1.82) is 0 Å². The van der Waals surface area contributed by atoms with Crippen molar-refractivity contribution in [2.24, 2.45) is 0 Å². The molecule has 0 saturated carbocycles. The van der Waals surface area contributed by atoms with Crippen LogP contribution in [0.25, 0.3) is 0 Å². The monoisotopic (exact) mass is 494 g/mol. The average Bonchev–Trinajstić information content (AvgIpc) is 3.08. The molecule has 1 saturated heterocycles. The fourth-order valence-corrected chi connectivity index (χ4v) is 4.18. The molecule has 1 N–H and O–H groups in total. The summed E-state index contributed by atoms with van der Waals surface area (Å²) in [4.78, 5) is 74.3. The number of nitro benzene ring substituents is 1. The smallest absolute Gasteiger partial charge is 0.308 e.